The average molecular weight is 530 g/mol. The van der Waals surface area contributed by atoms with Crippen LogP contribution in [0, 0.1) is 0 Å². The Labute approximate surface area is 179 Å². The Hall–Kier alpha value is -1.79. The molecule has 0 saturated carbocycles. The van der Waals surface area contributed by atoms with E-state index in [1.54, 1.807) is 0 Å². The minimum atomic E-state index is -6.28. The predicted octanol–water partition coefficient (Wildman–Crippen LogP) is 4.53. The third kappa shape index (κ3) is 2.83. The quantitative estimate of drug-likeness (QED) is 0.363. The van der Waals surface area contributed by atoms with Crippen molar-refractivity contribution in [2.75, 3.05) is 0 Å². The summed E-state index contributed by atoms with van der Waals surface area (Å²) in [7, 11) is -8.29. The summed E-state index contributed by atoms with van der Waals surface area (Å²) >= 11 is 0. The van der Waals surface area contributed by atoms with Gasteiger partial charge in [-0.1, -0.05) is 36.4 Å². The van der Waals surface area contributed by atoms with Crippen molar-refractivity contribution in [3.8, 4) is 0 Å². The van der Waals surface area contributed by atoms with Crippen LogP contribution in [0.5, 0.6) is 0 Å². The van der Waals surface area contributed by atoms with Gasteiger partial charge in [0.2, 0.25) is 0 Å². The number of alkyl halides is 12. The highest BCUT2D eigenvalue weighted by atomic mass is 28.4. The largest absolute Gasteiger partial charge is 0.429 e. The summed E-state index contributed by atoms with van der Waals surface area (Å²) < 4.78 is 177. The van der Waals surface area contributed by atoms with Gasteiger partial charge >= 0.3 is 33.3 Å². The molecular weight excluding hydrogens is 520 g/mol. The van der Waals surface area contributed by atoms with Gasteiger partial charge in [-0.25, -0.2) is 0 Å². The van der Waals surface area contributed by atoms with Crippen molar-refractivity contribution in [2.24, 2.45) is 0 Å². The van der Waals surface area contributed by atoms with E-state index in [2.05, 4.69) is 8.85 Å². The third-order valence-electron chi connectivity index (χ3n) is 5.80. The molecule has 16 heteroatoms. The molecule has 3 aliphatic heterocycles. The highest BCUT2D eigenvalue weighted by Gasteiger charge is 2.87. The molecule has 1 unspecified atom stereocenters. The molecule has 3 heterocycles. The summed E-state index contributed by atoms with van der Waals surface area (Å²) in [4.78, 5) is 0. The SMILES string of the molecule is FC(F)(F)C1(C(F)(F)F)O[Si]2(OC(C(F)(F)F)(C(F)(F)F)c3ccccc32)C2=C1[SiH2]CC=C2. The molecule has 1 aromatic carbocycles. The molecule has 0 N–H and O–H groups in total. The lowest BCUT2D eigenvalue weighted by Crippen LogP contribution is -2.64. The molecule has 0 amide bonds. The molecule has 0 bridgehead atoms. The molecule has 33 heavy (non-hydrogen) atoms. The molecule has 3 aliphatic rings. The third-order valence-corrected chi connectivity index (χ3v) is 11.7. The molecule has 1 atom stereocenters. The molecule has 0 fully saturated rings. The zero-order valence-corrected chi connectivity index (χ0v) is 18.1. The van der Waals surface area contributed by atoms with Gasteiger partial charge in [-0.2, -0.15) is 52.7 Å². The second-order valence-electron chi connectivity index (χ2n) is 7.55. The molecule has 1 aromatic rings. The van der Waals surface area contributed by atoms with E-state index in [-0.39, 0.29) is 6.04 Å². The Bertz CT molecular complexity index is 1020. The van der Waals surface area contributed by atoms with Crippen LogP contribution < -0.4 is 5.19 Å². The first-order chi connectivity index (χ1) is 14.9. The first kappa shape index (κ1) is 24.3. The number of hydrogen-bond donors (Lipinski definition) is 0. The normalized spacial score (nSPS) is 27.4. The number of hydrogen-bond acceptors (Lipinski definition) is 2. The summed E-state index contributed by atoms with van der Waals surface area (Å²) in [5, 5.41) is -3.45. The van der Waals surface area contributed by atoms with E-state index in [0.717, 1.165) is 18.2 Å². The standard InChI is InChI=1S/C17H10F12O2Si2/c18-14(19,20)12(15(21,22)23)8-4-1-2-5-9(8)33(30-12)10-6-3-7-32-11(10)13(31-33,16(24,25)26)17(27,28)29/h1-6H,7,32H2. The van der Waals surface area contributed by atoms with E-state index in [1.807, 2.05) is 0 Å². The highest BCUT2D eigenvalue weighted by Crippen LogP contribution is 2.64. The maximum atomic E-state index is 14.0. The Balaban J connectivity index is 2.12. The van der Waals surface area contributed by atoms with Crippen LogP contribution in [0.2, 0.25) is 6.04 Å². The van der Waals surface area contributed by atoms with Gasteiger partial charge in [0.15, 0.2) is 0 Å². The number of benzene rings is 1. The summed E-state index contributed by atoms with van der Waals surface area (Å²) in [6, 6.07) is 2.34. The molecule has 1 spiro atoms. The molecule has 182 valence electrons. The lowest BCUT2D eigenvalue weighted by molar-refractivity contribution is -0.373. The first-order valence-corrected chi connectivity index (χ1v) is 12.6. The van der Waals surface area contributed by atoms with Crippen molar-refractivity contribution in [3.63, 3.8) is 0 Å². The molecule has 0 aliphatic carbocycles. The van der Waals surface area contributed by atoms with Crippen molar-refractivity contribution in [2.45, 2.75) is 42.0 Å². The second-order valence-corrected chi connectivity index (χ2v) is 12.1. The van der Waals surface area contributed by atoms with Gasteiger partial charge in [-0.05, 0) is 16.4 Å². The fourth-order valence-corrected chi connectivity index (χ4v) is 11.8. The van der Waals surface area contributed by atoms with Crippen LogP contribution in [0.3, 0.4) is 0 Å². The fraction of sp³-hybridized carbons (Fsp3) is 0.412. The summed E-state index contributed by atoms with van der Waals surface area (Å²) in [6.45, 7) is 0. The van der Waals surface area contributed by atoms with Crippen LogP contribution in [-0.4, -0.2) is 48.4 Å². The Morgan fingerprint density at radius 1 is 0.727 bits per heavy atom. The van der Waals surface area contributed by atoms with E-state index >= 15 is 0 Å². The number of halogens is 12. The summed E-state index contributed by atoms with van der Waals surface area (Å²) in [6.07, 6.45) is -23.2. The summed E-state index contributed by atoms with van der Waals surface area (Å²) in [5.74, 6) is 0. The molecule has 0 radical (unpaired) electrons. The fourth-order valence-electron chi connectivity index (χ4n) is 4.55. The molecule has 4 rings (SSSR count). The van der Waals surface area contributed by atoms with Crippen LogP contribution in [0.15, 0.2) is 46.8 Å². The van der Waals surface area contributed by atoms with E-state index in [9.17, 15) is 52.7 Å². The van der Waals surface area contributed by atoms with Gasteiger partial charge in [-0.15, -0.1) is 0 Å². The zero-order valence-electron chi connectivity index (χ0n) is 15.7. The lowest BCUT2D eigenvalue weighted by atomic mass is 9.92. The number of fused-ring (bicyclic) bond motifs is 3. The van der Waals surface area contributed by atoms with Crippen LogP contribution in [0.1, 0.15) is 5.56 Å². The van der Waals surface area contributed by atoms with Gasteiger partial charge in [-0.3, -0.25) is 0 Å². The predicted molar refractivity (Wildman–Crippen MR) is 92.1 cm³/mol. The summed E-state index contributed by atoms with van der Waals surface area (Å²) in [5.41, 5.74) is -11.9. The van der Waals surface area contributed by atoms with E-state index in [0.29, 0.717) is 18.2 Å². The van der Waals surface area contributed by atoms with Gasteiger partial charge in [0.25, 0.3) is 11.2 Å². The first-order valence-electron chi connectivity index (χ1n) is 9.05. The molecular formula is C17H10F12O2Si2. The van der Waals surface area contributed by atoms with Crippen LogP contribution in [-0.2, 0) is 14.5 Å². The highest BCUT2D eigenvalue weighted by molar-refractivity contribution is 6.91. The van der Waals surface area contributed by atoms with Gasteiger partial charge in [0.1, 0.15) is 0 Å². The number of allylic oxidation sites excluding steroid dienone is 3. The molecule has 0 aromatic heterocycles. The Morgan fingerprint density at radius 2 is 1.21 bits per heavy atom. The smallest absolute Gasteiger partial charge is 0.362 e. The number of rotatable bonds is 0. The van der Waals surface area contributed by atoms with E-state index in [1.165, 1.54) is 0 Å². The van der Waals surface area contributed by atoms with Crippen molar-refractivity contribution in [1.29, 1.82) is 0 Å². The van der Waals surface area contributed by atoms with Crippen molar-refractivity contribution < 1.29 is 61.5 Å². The second kappa shape index (κ2) is 6.66. The Kier molecular flexibility index (Phi) is 4.91. The topological polar surface area (TPSA) is 18.5 Å². The van der Waals surface area contributed by atoms with E-state index in [4.69, 9.17) is 0 Å². The maximum Gasteiger partial charge on any atom is 0.429 e. The zero-order chi connectivity index (χ0) is 24.9. The molecule has 2 nitrogen and oxygen atoms in total. The van der Waals surface area contributed by atoms with Crippen LogP contribution >= 0.6 is 0 Å². The maximum absolute atomic E-state index is 14.0. The van der Waals surface area contributed by atoms with Crippen molar-refractivity contribution >= 4 is 23.3 Å². The van der Waals surface area contributed by atoms with Crippen LogP contribution in [0.4, 0.5) is 52.7 Å². The lowest BCUT2D eigenvalue weighted by Gasteiger charge is -2.39. The van der Waals surface area contributed by atoms with Gasteiger partial charge in [0, 0.05) is 10.8 Å². The average Bonchev–Trinajstić information content (AvgIpc) is 3.14. The van der Waals surface area contributed by atoms with Crippen LogP contribution in [0.25, 0.3) is 0 Å². The van der Waals surface area contributed by atoms with Crippen molar-refractivity contribution in [3.05, 3.63) is 52.4 Å². The van der Waals surface area contributed by atoms with Crippen molar-refractivity contribution in [1.82, 2.24) is 0 Å². The monoisotopic (exact) mass is 530 g/mol. The minimum Gasteiger partial charge on any atom is -0.362 e. The van der Waals surface area contributed by atoms with E-state index < -0.39 is 75.1 Å². The van der Waals surface area contributed by atoms with Gasteiger partial charge < -0.3 is 8.85 Å². The van der Waals surface area contributed by atoms with Gasteiger partial charge in [0.05, 0.1) is 9.52 Å². The molecule has 0 saturated heterocycles. The Morgan fingerprint density at radius 3 is 1.73 bits per heavy atom. The minimum absolute atomic E-state index is 0.230.